The molecule has 0 bridgehead atoms. The Morgan fingerprint density at radius 2 is 2.29 bits per heavy atom. The fourth-order valence-corrected chi connectivity index (χ4v) is 2.80. The predicted octanol–water partition coefficient (Wildman–Crippen LogP) is 1.73. The Hall–Kier alpha value is -2.41. The molecule has 0 aliphatic carbocycles. The number of likely N-dealkylation sites (tertiary alicyclic amines) is 1. The van der Waals surface area contributed by atoms with Crippen molar-refractivity contribution in [3.63, 3.8) is 0 Å². The maximum atomic E-state index is 12.4. The van der Waals surface area contributed by atoms with E-state index in [0.29, 0.717) is 24.5 Å². The van der Waals surface area contributed by atoms with E-state index in [1.54, 1.807) is 18.0 Å². The van der Waals surface area contributed by atoms with Crippen LogP contribution >= 0.6 is 0 Å². The number of rotatable bonds is 5. The number of hydrogen-bond acceptors (Lipinski definition) is 6. The van der Waals surface area contributed by atoms with Crippen LogP contribution in [0.25, 0.3) is 0 Å². The molecule has 1 unspecified atom stereocenters. The van der Waals surface area contributed by atoms with Crippen LogP contribution in [0.5, 0.6) is 5.75 Å². The van der Waals surface area contributed by atoms with Gasteiger partial charge in [0.15, 0.2) is 12.1 Å². The molecule has 1 atom stereocenters. The van der Waals surface area contributed by atoms with Crippen molar-refractivity contribution >= 4 is 5.91 Å². The lowest BCUT2D eigenvalue weighted by Crippen LogP contribution is -2.31. The van der Waals surface area contributed by atoms with Crippen molar-refractivity contribution < 1.29 is 13.9 Å². The van der Waals surface area contributed by atoms with E-state index in [4.69, 9.17) is 9.15 Å². The van der Waals surface area contributed by atoms with E-state index in [9.17, 15) is 4.79 Å². The standard InChI is InChI=1S/C17H22N4O3/c1-12-16(19-11-23-12)17(22)21-7-5-15(10-21)24-14-4-6-18-13(8-14)9-20(2)3/h4,6,8,11,15H,5,7,9-10H2,1-3H3. The van der Waals surface area contributed by atoms with Crippen LogP contribution in [0.2, 0.25) is 0 Å². The largest absolute Gasteiger partial charge is 0.488 e. The molecule has 2 aromatic rings. The number of carbonyl (C=O) groups is 1. The summed E-state index contributed by atoms with van der Waals surface area (Å²) in [7, 11) is 4.00. The quantitative estimate of drug-likeness (QED) is 0.831. The summed E-state index contributed by atoms with van der Waals surface area (Å²) >= 11 is 0. The maximum absolute atomic E-state index is 12.4. The van der Waals surface area contributed by atoms with E-state index in [-0.39, 0.29) is 12.0 Å². The molecule has 3 heterocycles. The van der Waals surface area contributed by atoms with Crippen molar-refractivity contribution in [3.8, 4) is 5.75 Å². The van der Waals surface area contributed by atoms with Crippen LogP contribution < -0.4 is 4.74 Å². The van der Waals surface area contributed by atoms with Crippen molar-refractivity contribution in [1.29, 1.82) is 0 Å². The third-order valence-corrected chi connectivity index (χ3v) is 3.95. The molecule has 3 rings (SSSR count). The summed E-state index contributed by atoms with van der Waals surface area (Å²) in [6.07, 6.45) is 3.84. The van der Waals surface area contributed by atoms with Crippen LogP contribution in [-0.2, 0) is 6.54 Å². The topological polar surface area (TPSA) is 71.7 Å². The zero-order valence-electron chi connectivity index (χ0n) is 14.2. The molecule has 0 saturated carbocycles. The molecular formula is C17H22N4O3. The fraction of sp³-hybridized carbons (Fsp3) is 0.471. The highest BCUT2D eigenvalue weighted by Crippen LogP contribution is 2.21. The summed E-state index contributed by atoms with van der Waals surface area (Å²) in [5.74, 6) is 1.24. The molecule has 0 N–H and O–H groups in total. The highest BCUT2D eigenvalue weighted by atomic mass is 16.5. The van der Waals surface area contributed by atoms with E-state index in [1.165, 1.54) is 6.39 Å². The van der Waals surface area contributed by atoms with Crippen molar-refractivity contribution in [2.75, 3.05) is 27.2 Å². The number of pyridine rings is 1. The van der Waals surface area contributed by atoms with Gasteiger partial charge >= 0.3 is 0 Å². The van der Waals surface area contributed by atoms with Gasteiger partial charge in [0, 0.05) is 31.8 Å². The zero-order valence-corrected chi connectivity index (χ0v) is 14.2. The van der Waals surface area contributed by atoms with Crippen molar-refractivity contribution in [3.05, 3.63) is 41.9 Å². The first-order valence-corrected chi connectivity index (χ1v) is 7.98. The van der Waals surface area contributed by atoms with Crippen molar-refractivity contribution in [2.45, 2.75) is 26.0 Å². The van der Waals surface area contributed by atoms with Crippen molar-refractivity contribution in [1.82, 2.24) is 19.8 Å². The van der Waals surface area contributed by atoms with Crippen molar-refractivity contribution in [2.24, 2.45) is 0 Å². The van der Waals surface area contributed by atoms with Gasteiger partial charge in [0.2, 0.25) is 0 Å². The molecule has 7 heteroatoms. The predicted molar refractivity (Wildman–Crippen MR) is 87.8 cm³/mol. The number of oxazole rings is 1. The molecule has 24 heavy (non-hydrogen) atoms. The van der Waals surface area contributed by atoms with Gasteiger partial charge in [-0.25, -0.2) is 4.98 Å². The molecule has 2 aromatic heterocycles. The molecule has 1 amide bonds. The number of amides is 1. The summed E-state index contributed by atoms with van der Waals surface area (Å²) in [6.45, 7) is 3.72. The normalized spacial score (nSPS) is 17.5. The third kappa shape index (κ3) is 3.73. The number of nitrogens with zero attached hydrogens (tertiary/aromatic N) is 4. The second-order valence-corrected chi connectivity index (χ2v) is 6.26. The number of ether oxygens (including phenoxy) is 1. The third-order valence-electron chi connectivity index (χ3n) is 3.95. The van der Waals surface area contributed by atoms with Gasteiger partial charge in [0.25, 0.3) is 5.91 Å². The summed E-state index contributed by atoms with van der Waals surface area (Å²) in [5, 5.41) is 0. The molecule has 1 aliphatic rings. The van der Waals surface area contributed by atoms with Gasteiger partial charge in [-0.05, 0) is 27.1 Å². The first-order valence-electron chi connectivity index (χ1n) is 7.98. The summed E-state index contributed by atoms with van der Waals surface area (Å²) in [6, 6.07) is 3.80. The van der Waals surface area contributed by atoms with E-state index in [2.05, 4.69) is 14.9 Å². The Bertz CT molecular complexity index is 713. The average molecular weight is 330 g/mol. The van der Waals surface area contributed by atoms with Gasteiger partial charge in [-0.15, -0.1) is 0 Å². The van der Waals surface area contributed by atoms with Gasteiger partial charge in [0.1, 0.15) is 17.6 Å². The van der Waals surface area contributed by atoms with Gasteiger partial charge in [-0.3, -0.25) is 9.78 Å². The average Bonchev–Trinajstić information content (AvgIpc) is 3.15. The van der Waals surface area contributed by atoms with Gasteiger partial charge in [-0.1, -0.05) is 0 Å². The molecule has 7 nitrogen and oxygen atoms in total. The fourth-order valence-electron chi connectivity index (χ4n) is 2.80. The van der Waals surface area contributed by atoms with Crippen LogP contribution in [0.3, 0.4) is 0 Å². The highest BCUT2D eigenvalue weighted by molar-refractivity contribution is 5.93. The monoisotopic (exact) mass is 330 g/mol. The van der Waals surface area contributed by atoms with E-state index in [0.717, 1.165) is 24.4 Å². The number of carbonyl (C=O) groups excluding carboxylic acids is 1. The van der Waals surface area contributed by atoms with Crippen LogP contribution in [0.4, 0.5) is 0 Å². The highest BCUT2D eigenvalue weighted by Gasteiger charge is 2.30. The maximum Gasteiger partial charge on any atom is 0.276 e. The lowest BCUT2D eigenvalue weighted by molar-refractivity contribution is 0.0765. The first kappa shape index (κ1) is 16.4. The van der Waals surface area contributed by atoms with Crippen LogP contribution in [0, 0.1) is 6.92 Å². The molecule has 0 aromatic carbocycles. The molecule has 1 aliphatic heterocycles. The number of hydrogen-bond donors (Lipinski definition) is 0. The number of aromatic nitrogens is 2. The SMILES string of the molecule is Cc1ocnc1C(=O)N1CCC(Oc2ccnc(CN(C)C)c2)C1. The molecule has 128 valence electrons. The molecule has 1 fully saturated rings. The van der Waals surface area contributed by atoms with Crippen LogP contribution in [0.1, 0.15) is 28.4 Å². The molecule has 1 saturated heterocycles. The minimum absolute atomic E-state index is 0.0178. The summed E-state index contributed by atoms with van der Waals surface area (Å²) in [5.41, 5.74) is 1.34. The van der Waals surface area contributed by atoms with Gasteiger partial charge in [0.05, 0.1) is 12.2 Å². The molecule has 0 radical (unpaired) electrons. The second-order valence-electron chi connectivity index (χ2n) is 6.26. The minimum Gasteiger partial charge on any atom is -0.488 e. The first-order chi connectivity index (χ1) is 11.5. The van der Waals surface area contributed by atoms with E-state index in [1.807, 2.05) is 26.2 Å². The molecular weight excluding hydrogens is 308 g/mol. The lowest BCUT2D eigenvalue weighted by Gasteiger charge is -2.17. The van der Waals surface area contributed by atoms with Gasteiger partial charge < -0.3 is 19.0 Å². The lowest BCUT2D eigenvalue weighted by atomic mass is 10.3. The van der Waals surface area contributed by atoms with Crippen LogP contribution in [-0.4, -0.2) is 59.0 Å². The van der Waals surface area contributed by atoms with E-state index < -0.39 is 0 Å². The summed E-state index contributed by atoms with van der Waals surface area (Å²) in [4.78, 5) is 24.6. The Labute approximate surface area is 141 Å². The van der Waals surface area contributed by atoms with Crippen LogP contribution in [0.15, 0.2) is 29.1 Å². The molecule has 0 spiro atoms. The van der Waals surface area contributed by atoms with E-state index >= 15 is 0 Å². The smallest absolute Gasteiger partial charge is 0.276 e. The Balaban J connectivity index is 1.60. The minimum atomic E-state index is -0.102. The van der Waals surface area contributed by atoms with Gasteiger partial charge in [-0.2, -0.15) is 0 Å². The Morgan fingerprint density at radius 1 is 1.46 bits per heavy atom. The number of aryl methyl sites for hydroxylation is 1. The summed E-state index contributed by atoms with van der Waals surface area (Å²) < 4.78 is 11.1. The Morgan fingerprint density at radius 3 is 3.00 bits per heavy atom. The Kier molecular flexibility index (Phi) is 4.80. The second kappa shape index (κ2) is 7.00. The zero-order chi connectivity index (χ0) is 17.1.